The molecule has 14 nitrogen and oxygen atoms in total. The molecule has 16 heteroatoms. The maximum atomic E-state index is 8.89. The molecule has 0 aliphatic carbocycles. The van der Waals surface area contributed by atoms with Gasteiger partial charge in [-0.1, -0.05) is 0 Å². The number of hydrogen-bond donors (Lipinski definition) is 4. The monoisotopic (exact) mass is 592 g/mol. The van der Waals surface area contributed by atoms with E-state index in [0.717, 1.165) is 37.4 Å². The van der Waals surface area contributed by atoms with Gasteiger partial charge in [-0.2, -0.15) is 0 Å². The molecule has 6 N–H and O–H groups in total. The van der Waals surface area contributed by atoms with Crippen molar-refractivity contribution in [3.8, 4) is 11.4 Å². The Morgan fingerprint density at radius 1 is 0.762 bits per heavy atom. The van der Waals surface area contributed by atoms with Crippen LogP contribution in [0.4, 0.5) is 23.5 Å². The van der Waals surface area contributed by atoms with Crippen LogP contribution >= 0.6 is 11.6 Å². The van der Waals surface area contributed by atoms with Crippen molar-refractivity contribution in [1.29, 1.82) is 0 Å². The van der Waals surface area contributed by atoms with Crippen LogP contribution in [0.15, 0.2) is 49.3 Å². The minimum Gasteiger partial charge on any atom is -0.423 e. The molecule has 0 amide bonds. The van der Waals surface area contributed by atoms with Crippen LogP contribution < -0.4 is 26.7 Å². The molecule has 2 aliphatic rings. The second kappa shape index (κ2) is 14.6. The molecule has 2 saturated heterocycles. The van der Waals surface area contributed by atoms with Crippen LogP contribution in [0.25, 0.3) is 11.4 Å². The lowest BCUT2D eigenvalue weighted by atomic mass is 9.83. The van der Waals surface area contributed by atoms with Crippen molar-refractivity contribution in [1.82, 2.24) is 39.9 Å². The van der Waals surface area contributed by atoms with Gasteiger partial charge < -0.3 is 31.3 Å². The Kier molecular flexibility index (Phi) is 10.7. The number of aromatic nitrogens is 8. The van der Waals surface area contributed by atoms with Crippen LogP contribution in [-0.2, 0) is 0 Å². The van der Waals surface area contributed by atoms with Crippen molar-refractivity contribution in [3.05, 3.63) is 54.6 Å². The van der Waals surface area contributed by atoms with Gasteiger partial charge in [-0.05, 0) is 63.3 Å². The first-order chi connectivity index (χ1) is 20.2. The fraction of sp³-hybridized carbons (Fsp3) is 0.385. The molecule has 220 valence electrons. The van der Waals surface area contributed by atoms with E-state index < -0.39 is 7.12 Å². The number of nitrogens with two attached hydrogens (primary N) is 2. The SMILES string of the molecule is C[C@@H]1CCCN1c1ncc(-c2nccc(N)n2)cn1.C[C@@H]1CCCN1c1ncc(B(O)O)cn1.Nc1ccnc(Cl)n1. The van der Waals surface area contributed by atoms with E-state index >= 15 is 0 Å². The van der Waals surface area contributed by atoms with Crippen LogP contribution in [0.3, 0.4) is 0 Å². The minimum atomic E-state index is -1.49. The van der Waals surface area contributed by atoms with E-state index in [9.17, 15) is 0 Å². The zero-order valence-electron chi connectivity index (χ0n) is 23.5. The second-order valence-electron chi connectivity index (χ2n) is 9.89. The standard InChI is InChI=1S/C13H16N6.C9H14BN3O2.C4H4ClN3/c1-9-3-2-6-19(9)13-16-7-10(8-17-13)12-15-5-4-11(14)18-12;1-7-3-2-4-13(7)9-11-5-8(6-12-9)10(14)15;5-4-7-2-1-3(6)8-4/h4-5,7-9H,2-3,6H2,1H3,(H2,14,15,18);5-7,14-15H,2-4H2,1H3;1-2H,(H2,6,7,8)/t9-;7-;/m11./s1. The summed E-state index contributed by atoms with van der Waals surface area (Å²) in [6.45, 7) is 6.34. The molecule has 0 spiro atoms. The van der Waals surface area contributed by atoms with E-state index in [-0.39, 0.29) is 5.28 Å². The smallest absolute Gasteiger partial charge is 0.423 e. The third-order valence-electron chi connectivity index (χ3n) is 6.80. The van der Waals surface area contributed by atoms with Gasteiger partial charge in [-0.15, -0.1) is 0 Å². The van der Waals surface area contributed by atoms with Crippen molar-refractivity contribution in [2.45, 2.75) is 51.6 Å². The Balaban J connectivity index is 0.000000157. The summed E-state index contributed by atoms with van der Waals surface area (Å²) >= 11 is 5.34. The van der Waals surface area contributed by atoms with Gasteiger partial charge in [-0.3, -0.25) is 0 Å². The predicted molar refractivity (Wildman–Crippen MR) is 163 cm³/mol. The van der Waals surface area contributed by atoms with Crippen molar-refractivity contribution >= 4 is 47.7 Å². The lowest BCUT2D eigenvalue weighted by Crippen LogP contribution is -2.33. The average Bonchev–Trinajstić information content (AvgIpc) is 3.61. The Bertz CT molecular complexity index is 1400. The van der Waals surface area contributed by atoms with Gasteiger partial charge in [0.2, 0.25) is 17.2 Å². The average molecular weight is 593 g/mol. The van der Waals surface area contributed by atoms with Crippen molar-refractivity contribution < 1.29 is 10.0 Å². The van der Waals surface area contributed by atoms with Crippen LogP contribution in [0.1, 0.15) is 39.5 Å². The molecule has 0 aromatic carbocycles. The number of nitrogens with zero attached hydrogens (tertiary/aromatic N) is 10. The summed E-state index contributed by atoms with van der Waals surface area (Å²) in [7, 11) is -1.49. The summed E-state index contributed by atoms with van der Waals surface area (Å²) in [6, 6.07) is 4.21. The van der Waals surface area contributed by atoms with Gasteiger partial charge in [0.15, 0.2) is 5.82 Å². The summed E-state index contributed by atoms with van der Waals surface area (Å²) in [5, 5.41) is 18.0. The Morgan fingerprint density at radius 2 is 1.26 bits per heavy atom. The number of nitrogen functional groups attached to an aromatic ring is 2. The first-order valence-electron chi connectivity index (χ1n) is 13.6. The van der Waals surface area contributed by atoms with Gasteiger partial charge in [0.25, 0.3) is 0 Å². The molecule has 0 bridgehead atoms. The maximum Gasteiger partial charge on any atom is 0.491 e. The lowest BCUT2D eigenvalue weighted by molar-refractivity contribution is 0.425. The molecule has 4 aromatic heterocycles. The molecule has 6 heterocycles. The highest BCUT2D eigenvalue weighted by Gasteiger charge is 2.24. The maximum absolute atomic E-state index is 8.89. The Hall–Kier alpha value is -4.21. The molecule has 0 unspecified atom stereocenters. The van der Waals surface area contributed by atoms with Gasteiger partial charge in [-0.25, -0.2) is 39.9 Å². The van der Waals surface area contributed by atoms with E-state index in [0.29, 0.717) is 41.0 Å². The van der Waals surface area contributed by atoms with E-state index in [1.165, 1.54) is 31.4 Å². The second-order valence-corrected chi connectivity index (χ2v) is 10.2. The minimum absolute atomic E-state index is 0.185. The van der Waals surface area contributed by atoms with Crippen molar-refractivity contribution in [2.24, 2.45) is 0 Å². The first-order valence-corrected chi connectivity index (χ1v) is 14.0. The van der Waals surface area contributed by atoms with E-state index in [4.69, 9.17) is 33.1 Å². The quantitative estimate of drug-likeness (QED) is 0.195. The summed E-state index contributed by atoms with van der Waals surface area (Å²) in [6.07, 6.45) is 14.3. The highest BCUT2D eigenvalue weighted by Crippen LogP contribution is 2.23. The predicted octanol–water partition coefficient (Wildman–Crippen LogP) is 1.36. The summed E-state index contributed by atoms with van der Waals surface area (Å²) in [5.74, 6) is 2.84. The summed E-state index contributed by atoms with van der Waals surface area (Å²) in [4.78, 5) is 37.0. The molecule has 2 atom stereocenters. The van der Waals surface area contributed by atoms with Crippen molar-refractivity contribution in [2.75, 3.05) is 34.4 Å². The van der Waals surface area contributed by atoms with E-state index in [2.05, 4.69) is 63.5 Å². The van der Waals surface area contributed by atoms with Gasteiger partial charge >= 0.3 is 7.12 Å². The topological polar surface area (TPSA) is 202 Å². The van der Waals surface area contributed by atoms with E-state index in [1.54, 1.807) is 30.7 Å². The largest absolute Gasteiger partial charge is 0.491 e. The van der Waals surface area contributed by atoms with E-state index in [1.807, 2.05) is 0 Å². The highest BCUT2D eigenvalue weighted by atomic mass is 35.5. The van der Waals surface area contributed by atoms with Crippen LogP contribution in [0, 0.1) is 0 Å². The number of hydrogen-bond acceptors (Lipinski definition) is 14. The molecule has 4 aromatic rings. The number of halogens is 1. The Labute approximate surface area is 249 Å². The number of rotatable bonds is 4. The lowest BCUT2D eigenvalue weighted by Gasteiger charge is -2.20. The highest BCUT2D eigenvalue weighted by molar-refractivity contribution is 6.58. The van der Waals surface area contributed by atoms with Gasteiger partial charge in [0.1, 0.15) is 11.6 Å². The summed E-state index contributed by atoms with van der Waals surface area (Å²) in [5.41, 5.74) is 12.0. The summed E-state index contributed by atoms with van der Waals surface area (Å²) < 4.78 is 0. The molecular weight excluding hydrogens is 559 g/mol. The first kappa shape index (κ1) is 30.7. The molecule has 2 fully saturated rings. The fourth-order valence-electron chi connectivity index (χ4n) is 4.52. The van der Waals surface area contributed by atoms with Crippen LogP contribution in [0.5, 0.6) is 0 Å². The normalized spacial score (nSPS) is 17.6. The zero-order valence-corrected chi connectivity index (χ0v) is 24.2. The molecule has 42 heavy (non-hydrogen) atoms. The fourth-order valence-corrected chi connectivity index (χ4v) is 4.67. The van der Waals surface area contributed by atoms with Crippen molar-refractivity contribution in [3.63, 3.8) is 0 Å². The number of anilines is 4. The molecule has 2 aliphatic heterocycles. The molecular formula is C26H34BClN12O2. The van der Waals surface area contributed by atoms with Crippen LogP contribution in [-0.4, -0.2) is 82.2 Å². The van der Waals surface area contributed by atoms with Gasteiger partial charge in [0.05, 0.1) is 5.56 Å². The molecule has 0 radical (unpaired) electrons. The molecule has 6 rings (SSSR count). The zero-order chi connectivity index (χ0) is 30.1. The third-order valence-corrected chi connectivity index (χ3v) is 6.98. The van der Waals surface area contributed by atoms with Crippen LogP contribution in [0.2, 0.25) is 5.28 Å². The molecule has 0 saturated carbocycles. The Morgan fingerprint density at radius 3 is 1.67 bits per heavy atom. The third kappa shape index (κ3) is 8.41. The van der Waals surface area contributed by atoms with Gasteiger partial charge in [0, 0.05) is 67.8 Å².